The van der Waals surface area contributed by atoms with Crippen LogP contribution in [-0.4, -0.2) is 15.9 Å². The van der Waals surface area contributed by atoms with Crippen molar-refractivity contribution in [2.75, 3.05) is 0 Å². The average molecular weight is 199 g/mol. The predicted octanol–water partition coefficient (Wildman–Crippen LogP) is 0.507. The van der Waals surface area contributed by atoms with E-state index >= 15 is 0 Å². The van der Waals surface area contributed by atoms with Crippen molar-refractivity contribution in [3.8, 4) is 11.1 Å². The molecule has 0 spiro atoms. The van der Waals surface area contributed by atoms with E-state index in [1.807, 2.05) is 0 Å². The Morgan fingerprint density at radius 2 is 1.60 bits per heavy atom. The molecule has 74 valence electrons. The zero-order valence-electron chi connectivity index (χ0n) is 7.75. The fourth-order valence-electron chi connectivity index (χ4n) is 1.25. The molecule has 1 heterocycles. The largest absolute Gasteiger partial charge is 0.545 e. The van der Waals surface area contributed by atoms with E-state index in [1.165, 1.54) is 18.5 Å². The molecule has 0 N–H and O–H groups in total. The zero-order chi connectivity index (χ0) is 10.7. The topological polar surface area (TPSA) is 65.9 Å². The molecule has 0 aliphatic carbocycles. The maximum absolute atomic E-state index is 10.5. The minimum Gasteiger partial charge on any atom is -0.545 e. The van der Waals surface area contributed by atoms with Gasteiger partial charge >= 0.3 is 0 Å². The molecule has 0 bridgehead atoms. The van der Waals surface area contributed by atoms with Gasteiger partial charge in [-0.3, -0.25) is 0 Å². The number of aromatic nitrogens is 2. The van der Waals surface area contributed by atoms with Crippen molar-refractivity contribution in [1.82, 2.24) is 9.97 Å². The first kappa shape index (κ1) is 9.33. The third-order valence-corrected chi connectivity index (χ3v) is 2.01. The average Bonchev–Trinajstić information content (AvgIpc) is 2.30. The van der Waals surface area contributed by atoms with E-state index in [4.69, 9.17) is 0 Å². The van der Waals surface area contributed by atoms with Crippen LogP contribution in [0.5, 0.6) is 0 Å². The number of hydrogen-bond acceptors (Lipinski definition) is 4. The van der Waals surface area contributed by atoms with Crippen LogP contribution in [-0.2, 0) is 0 Å². The molecule has 0 radical (unpaired) electrons. The summed E-state index contributed by atoms with van der Waals surface area (Å²) in [7, 11) is 0. The molecule has 0 atom stereocenters. The van der Waals surface area contributed by atoms with Gasteiger partial charge in [-0.1, -0.05) is 24.3 Å². The summed E-state index contributed by atoms with van der Waals surface area (Å²) in [6.07, 6.45) is 4.78. The molecule has 2 rings (SSSR count). The monoisotopic (exact) mass is 199 g/mol. The predicted molar refractivity (Wildman–Crippen MR) is 51.8 cm³/mol. The molecule has 0 saturated carbocycles. The van der Waals surface area contributed by atoms with Crippen molar-refractivity contribution in [3.05, 3.63) is 48.5 Å². The van der Waals surface area contributed by atoms with Crippen LogP contribution in [0.2, 0.25) is 0 Å². The Morgan fingerprint density at radius 1 is 1.00 bits per heavy atom. The summed E-state index contributed by atoms with van der Waals surface area (Å²) in [6, 6.07) is 6.39. The maximum atomic E-state index is 10.5. The summed E-state index contributed by atoms with van der Waals surface area (Å²) in [5.41, 5.74) is 1.89. The standard InChI is InChI=1S/C11H8N2O2/c14-11(15)9-3-1-8(2-4-9)10-5-12-7-13-6-10/h1-7H,(H,14,15)/p-1. The second-order valence-electron chi connectivity index (χ2n) is 2.99. The summed E-state index contributed by atoms with van der Waals surface area (Å²) in [4.78, 5) is 18.3. The van der Waals surface area contributed by atoms with Crippen LogP contribution in [0.15, 0.2) is 43.0 Å². The molecule has 0 saturated heterocycles. The van der Waals surface area contributed by atoms with Crippen molar-refractivity contribution < 1.29 is 9.90 Å². The van der Waals surface area contributed by atoms with E-state index in [-0.39, 0.29) is 5.56 Å². The van der Waals surface area contributed by atoms with Crippen molar-refractivity contribution in [2.45, 2.75) is 0 Å². The number of rotatable bonds is 2. The summed E-state index contributed by atoms with van der Waals surface area (Å²) < 4.78 is 0. The fraction of sp³-hybridized carbons (Fsp3) is 0. The molecular weight excluding hydrogens is 192 g/mol. The first-order valence-corrected chi connectivity index (χ1v) is 4.34. The second kappa shape index (κ2) is 3.88. The van der Waals surface area contributed by atoms with Gasteiger partial charge in [0.25, 0.3) is 0 Å². The molecule has 15 heavy (non-hydrogen) atoms. The molecule has 0 amide bonds. The normalized spacial score (nSPS) is 9.87. The molecule has 1 aromatic heterocycles. The quantitative estimate of drug-likeness (QED) is 0.706. The van der Waals surface area contributed by atoms with Crippen molar-refractivity contribution >= 4 is 5.97 Å². The van der Waals surface area contributed by atoms with Crippen LogP contribution < -0.4 is 5.11 Å². The SMILES string of the molecule is O=C([O-])c1ccc(-c2cncnc2)cc1. The van der Waals surface area contributed by atoms with E-state index in [2.05, 4.69) is 9.97 Å². The highest BCUT2D eigenvalue weighted by Gasteiger charge is 1.98. The Bertz CT molecular complexity index is 466. The smallest absolute Gasteiger partial charge is 0.115 e. The zero-order valence-corrected chi connectivity index (χ0v) is 7.75. The van der Waals surface area contributed by atoms with E-state index in [0.717, 1.165) is 11.1 Å². The second-order valence-corrected chi connectivity index (χ2v) is 2.99. The number of carboxylic acids is 1. The molecule has 0 aliphatic heterocycles. The lowest BCUT2D eigenvalue weighted by Crippen LogP contribution is -2.21. The summed E-state index contributed by atoms with van der Waals surface area (Å²) in [5, 5.41) is 10.5. The van der Waals surface area contributed by atoms with Gasteiger partial charge in [0.05, 0.1) is 5.97 Å². The number of hydrogen-bond donors (Lipinski definition) is 0. The molecular formula is C11H7N2O2-. The van der Waals surface area contributed by atoms with E-state index in [1.54, 1.807) is 24.5 Å². The van der Waals surface area contributed by atoms with Gasteiger partial charge in [-0.2, -0.15) is 0 Å². The number of carbonyl (C=O) groups excluding carboxylic acids is 1. The van der Waals surface area contributed by atoms with E-state index < -0.39 is 5.97 Å². The lowest BCUT2D eigenvalue weighted by Gasteiger charge is -2.03. The van der Waals surface area contributed by atoms with Crippen LogP contribution in [0.3, 0.4) is 0 Å². The van der Waals surface area contributed by atoms with Gasteiger partial charge in [-0.05, 0) is 11.1 Å². The Labute approximate surface area is 86.2 Å². The molecule has 0 fully saturated rings. The number of nitrogens with zero attached hydrogens (tertiary/aromatic N) is 2. The van der Waals surface area contributed by atoms with Crippen LogP contribution in [0.4, 0.5) is 0 Å². The first-order valence-electron chi connectivity index (χ1n) is 4.34. The van der Waals surface area contributed by atoms with Crippen LogP contribution in [0, 0.1) is 0 Å². The van der Waals surface area contributed by atoms with Gasteiger partial charge in [0.1, 0.15) is 6.33 Å². The molecule has 1 aromatic carbocycles. The van der Waals surface area contributed by atoms with Gasteiger partial charge in [0.15, 0.2) is 0 Å². The maximum Gasteiger partial charge on any atom is 0.115 e. The van der Waals surface area contributed by atoms with Gasteiger partial charge in [0, 0.05) is 18.0 Å². The fourth-order valence-corrected chi connectivity index (χ4v) is 1.25. The van der Waals surface area contributed by atoms with Crippen LogP contribution >= 0.6 is 0 Å². The Morgan fingerprint density at radius 3 is 2.13 bits per heavy atom. The highest BCUT2D eigenvalue weighted by Crippen LogP contribution is 2.17. The first-order chi connectivity index (χ1) is 7.27. The number of aromatic carboxylic acids is 1. The molecule has 4 heteroatoms. The van der Waals surface area contributed by atoms with Gasteiger partial charge in [0.2, 0.25) is 0 Å². The Hall–Kier alpha value is -2.23. The summed E-state index contributed by atoms with van der Waals surface area (Å²) >= 11 is 0. The summed E-state index contributed by atoms with van der Waals surface area (Å²) in [5.74, 6) is -1.18. The molecule has 4 nitrogen and oxygen atoms in total. The summed E-state index contributed by atoms with van der Waals surface area (Å²) in [6.45, 7) is 0. The lowest BCUT2D eigenvalue weighted by molar-refractivity contribution is -0.255. The third kappa shape index (κ3) is 1.99. The Balaban J connectivity index is 2.36. The number of carboxylic acid groups (broad SMARTS) is 1. The molecule has 2 aromatic rings. The van der Waals surface area contributed by atoms with Crippen molar-refractivity contribution in [1.29, 1.82) is 0 Å². The minimum absolute atomic E-state index is 0.163. The van der Waals surface area contributed by atoms with Gasteiger partial charge in [-0.15, -0.1) is 0 Å². The van der Waals surface area contributed by atoms with Crippen LogP contribution in [0.25, 0.3) is 11.1 Å². The minimum atomic E-state index is -1.18. The number of benzene rings is 1. The number of carbonyl (C=O) groups is 1. The molecule has 0 aliphatic rings. The highest BCUT2D eigenvalue weighted by atomic mass is 16.4. The van der Waals surface area contributed by atoms with Crippen molar-refractivity contribution in [2.24, 2.45) is 0 Å². The van der Waals surface area contributed by atoms with Crippen molar-refractivity contribution in [3.63, 3.8) is 0 Å². The van der Waals surface area contributed by atoms with E-state index in [9.17, 15) is 9.90 Å². The van der Waals surface area contributed by atoms with Crippen LogP contribution in [0.1, 0.15) is 10.4 Å². The highest BCUT2D eigenvalue weighted by molar-refractivity contribution is 5.86. The Kier molecular flexibility index (Phi) is 2.41. The molecule has 0 unspecified atom stereocenters. The lowest BCUT2D eigenvalue weighted by atomic mass is 10.1. The van der Waals surface area contributed by atoms with Gasteiger partial charge < -0.3 is 9.90 Å². The van der Waals surface area contributed by atoms with E-state index in [0.29, 0.717) is 0 Å². The third-order valence-electron chi connectivity index (χ3n) is 2.01. The van der Waals surface area contributed by atoms with Gasteiger partial charge in [-0.25, -0.2) is 9.97 Å².